The molecule has 10 atom stereocenters. The van der Waals surface area contributed by atoms with Gasteiger partial charge in [-0.15, -0.1) is 13.2 Å². The van der Waals surface area contributed by atoms with E-state index in [9.17, 15) is 19.8 Å². The second-order valence-electron chi connectivity index (χ2n) is 20.6. The molecular weight excluding hydrogens is 773 g/mol. The van der Waals surface area contributed by atoms with Crippen LogP contribution >= 0.6 is 0 Å². The molecule has 4 heteroatoms. The van der Waals surface area contributed by atoms with Crippen LogP contribution < -0.4 is 0 Å². The second-order valence-corrected chi connectivity index (χ2v) is 20.6. The largest absolute Gasteiger partial charge is 0.508 e. The molecule has 0 saturated heterocycles. The van der Waals surface area contributed by atoms with Gasteiger partial charge in [-0.1, -0.05) is 82.7 Å². The summed E-state index contributed by atoms with van der Waals surface area (Å²) in [5.74, 6) is 7.42. The lowest BCUT2D eigenvalue weighted by Gasteiger charge is -2.49. The predicted octanol–water partition coefficient (Wildman–Crippen LogP) is 16.2. The molecule has 6 fully saturated rings. The van der Waals surface area contributed by atoms with Crippen LogP contribution in [0.3, 0.4) is 0 Å². The molecule has 0 spiro atoms. The number of allylic oxidation sites excluding steroid dienone is 6. The lowest BCUT2D eigenvalue weighted by Crippen LogP contribution is -2.42. The minimum atomic E-state index is -0.0322. The first-order valence-corrected chi connectivity index (χ1v) is 24.8. The Morgan fingerprint density at radius 1 is 0.587 bits per heavy atom. The minimum absolute atomic E-state index is 0. The zero-order valence-electron chi connectivity index (χ0n) is 40.2. The number of aromatic hydroxyl groups is 2. The highest BCUT2D eigenvalue weighted by Gasteiger charge is 2.55. The molecule has 0 bridgehead atoms. The maximum absolute atomic E-state index is 12.3. The number of hydrogen-bond donors (Lipinski definition) is 2. The third-order valence-electron chi connectivity index (χ3n) is 17.0. The zero-order chi connectivity index (χ0) is 45.2. The first-order chi connectivity index (χ1) is 29.7. The monoisotopic (exact) mass is 861 g/mol. The summed E-state index contributed by atoms with van der Waals surface area (Å²) < 4.78 is 0. The molecule has 2 aromatic rings. The molecule has 8 aliphatic rings. The maximum Gasteiger partial charge on any atom is 0.139 e. The van der Waals surface area contributed by atoms with E-state index in [0.29, 0.717) is 52.2 Å². The minimum Gasteiger partial charge on any atom is -0.508 e. The van der Waals surface area contributed by atoms with Crippen LogP contribution in [0.4, 0.5) is 0 Å². The summed E-state index contributed by atoms with van der Waals surface area (Å²) in [7, 11) is 0. The van der Waals surface area contributed by atoms with E-state index < -0.39 is 0 Å². The van der Waals surface area contributed by atoms with E-state index >= 15 is 0 Å². The Morgan fingerprint density at radius 3 is 1.48 bits per heavy atom. The van der Waals surface area contributed by atoms with Gasteiger partial charge in [0, 0.05) is 24.2 Å². The van der Waals surface area contributed by atoms with E-state index in [4.69, 9.17) is 0 Å². The molecule has 2 N–H and O–H groups in total. The summed E-state index contributed by atoms with van der Waals surface area (Å²) in [6.45, 7) is 24.0. The molecule has 4 nitrogen and oxygen atoms in total. The molecule has 63 heavy (non-hydrogen) atoms. The van der Waals surface area contributed by atoms with Crippen LogP contribution in [0.25, 0.3) is 0 Å². The molecule has 348 valence electrons. The van der Waals surface area contributed by atoms with Crippen molar-refractivity contribution in [3.63, 3.8) is 0 Å². The second kappa shape index (κ2) is 23.5. The van der Waals surface area contributed by atoms with Crippen molar-refractivity contribution in [3.05, 3.63) is 107 Å². The van der Waals surface area contributed by atoms with Gasteiger partial charge in [-0.2, -0.15) is 0 Å². The van der Waals surface area contributed by atoms with Crippen LogP contribution in [-0.4, -0.2) is 21.8 Å². The Bertz CT molecular complexity index is 1910. The fourth-order valence-electron chi connectivity index (χ4n) is 13.7. The molecule has 2 aromatic carbocycles. The molecule has 0 heterocycles. The van der Waals surface area contributed by atoms with E-state index in [1.54, 1.807) is 28.9 Å². The summed E-state index contributed by atoms with van der Waals surface area (Å²) >= 11 is 0. The van der Waals surface area contributed by atoms with Gasteiger partial charge in [0.05, 0.1) is 0 Å². The van der Waals surface area contributed by atoms with Gasteiger partial charge in [0.1, 0.15) is 23.1 Å². The normalized spacial score (nSPS) is 33.9. The fourth-order valence-corrected chi connectivity index (χ4v) is 13.7. The van der Waals surface area contributed by atoms with Crippen molar-refractivity contribution in [1.29, 1.82) is 0 Å². The Kier molecular flexibility index (Phi) is 19.4. The maximum atomic E-state index is 12.3. The van der Waals surface area contributed by atoms with E-state index in [1.165, 1.54) is 74.5 Å². The number of hydrogen-bond acceptors (Lipinski definition) is 4. The van der Waals surface area contributed by atoms with Crippen LogP contribution in [0.5, 0.6) is 11.5 Å². The van der Waals surface area contributed by atoms with Crippen molar-refractivity contribution >= 4 is 11.6 Å². The van der Waals surface area contributed by atoms with Gasteiger partial charge in [0.2, 0.25) is 0 Å². The Morgan fingerprint density at radius 2 is 1.06 bits per heavy atom. The molecule has 6 saturated carbocycles. The summed E-state index contributed by atoms with van der Waals surface area (Å²) in [6, 6.07) is 12.0. The number of benzene rings is 2. The highest BCUT2D eigenvalue weighted by Crippen LogP contribution is 2.63. The number of carbonyl (C=O) groups is 2. The molecule has 0 aromatic heterocycles. The fraction of sp³-hybridized carbons (Fsp3) is 0.627. The summed E-state index contributed by atoms with van der Waals surface area (Å²) in [6.07, 6.45) is 29.7. The Balaban J connectivity index is 0.000000191. The van der Waals surface area contributed by atoms with Crippen LogP contribution in [0.1, 0.15) is 200 Å². The number of phenols is 2. The molecule has 10 rings (SSSR count). The number of Topliss-reactive ketones (excluding diaryl/α,β-unsaturated/α-hetero) is 2. The molecule has 8 aliphatic carbocycles. The van der Waals surface area contributed by atoms with Gasteiger partial charge in [-0.3, -0.25) is 9.59 Å². The molecule has 6 unspecified atom stereocenters. The topological polar surface area (TPSA) is 74.6 Å². The van der Waals surface area contributed by atoms with E-state index in [0.717, 1.165) is 81.5 Å². The summed E-state index contributed by atoms with van der Waals surface area (Å²) in [5, 5.41) is 19.4. The highest BCUT2D eigenvalue weighted by atomic mass is 16.3. The van der Waals surface area contributed by atoms with Crippen molar-refractivity contribution in [1.82, 2.24) is 0 Å². The van der Waals surface area contributed by atoms with Gasteiger partial charge in [-0.05, 0) is 224 Å². The average molecular weight is 861 g/mol. The van der Waals surface area contributed by atoms with E-state index in [1.807, 2.05) is 45.0 Å². The molecule has 0 amide bonds. The molecule has 0 aliphatic heterocycles. The quantitative estimate of drug-likeness (QED) is 0.259. The first kappa shape index (κ1) is 52.0. The third-order valence-corrected chi connectivity index (χ3v) is 17.0. The van der Waals surface area contributed by atoms with E-state index in [2.05, 4.69) is 72.1 Å². The smallest absolute Gasteiger partial charge is 0.139 e. The number of ketones is 2. The predicted molar refractivity (Wildman–Crippen MR) is 267 cm³/mol. The number of fused-ring (bicyclic) bond motifs is 10. The van der Waals surface area contributed by atoms with Crippen LogP contribution in [-0.2, 0) is 22.4 Å². The zero-order valence-corrected chi connectivity index (χ0v) is 40.2. The highest BCUT2D eigenvalue weighted by molar-refractivity contribution is 5.87. The lowest BCUT2D eigenvalue weighted by molar-refractivity contribution is -0.129. The summed E-state index contributed by atoms with van der Waals surface area (Å²) in [5.41, 5.74) is 9.57. The molecular formula is C59H88O4. The number of rotatable bonds is 0. The third kappa shape index (κ3) is 11.6. The van der Waals surface area contributed by atoms with Gasteiger partial charge in [0.25, 0.3) is 0 Å². The standard InChI is InChI=1S/C20H26O.C18H22O2.C8H14.C6H10O.2C3H6.CH4/c1-3-14-5-9-19-18-7-4-13-12-15(21)6-8-16(13)17(18)10-11-20(14,19)2;1-18-9-8-14-13-5-3-12(19)10-11(13)2-4-15(14)16(18)6-7-17(18)20;1-3-8-6-4-5-7(8)2;1-5-3-2-4-6(5)7;2*1-3-2;/h3,6,8,12,17-19,21H,4-5,7,9-11H2,1-2H3;3,5,10,14-16,19H,2,4,6-9H2,1H3;3,7H,4-6H2,1-2H3;5H,2-4H2,1H3;2*3H,1H2,2H3;1H4/b14-3-;;8-3-;;;;/t17?,18?,19?,20-;14?,15?,16?,18-;7-;5-;;;/m1011.../s1. The van der Waals surface area contributed by atoms with Gasteiger partial charge < -0.3 is 10.2 Å². The lowest BCUT2D eigenvalue weighted by atomic mass is 9.55. The summed E-state index contributed by atoms with van der Waals surface area (Å²) in [4.78, 5) is 22.8. The van der Waals surface area contributed by atoms with Crippen molar-refractivity contribution in [2.24, 2.45) is 46.3 Å². The van der Waals surface area contributed by atoms with Crippen LogP contribution in [0.2, 0.25) is 0 Å². The van der Waals surface area contributed by atoms with Crippen molar-refractivity contribution in [3.8, 4) is 11.5 Å². The van der Waals surface area contributed by atoms with Crippen molar-refractivity contribution in [2.45, 2.75) is 190 Å². The number of carbonyl (C=O) groups excluding carboxylic acids is 2. The molecule has 0 radical (unpaired) electrons. The SMILES string of the molecule is C.C/C=C1/CCC2C3CCc4cc(O)ccc4C3CC[C@]12C.C/C=C1/CCC[C@H]1C.C=CC.C=CC.C[C@@H]1CCCC1=O.C[C@]12CCC3c4ccc(O)cc4CCC3C1CCC2=O. The van der Waals surface area contributed by atoms with Crippen LogP contribution in [0.15, 0.2) is 85.0 Å². The van der Waals surface area contributed by atoms with Gasteiger partial charge >= 0.3 is 0 Å². The van der Waals surface area contributed by atoms with Gasteiger partial charge in [-0.25, -0.2) is 0 Å². The van der Waals surface area contributed by atoms with Crippen LogP contribution in [0, 0.1) is 46.3 Å². The van der Waals surface area contributed by atoms with Crippen molar-refractivity contribution < 1.29 is 19.8 Å². The van der Waals surface area contributed by atoms with E-state index in [-0.39, 0.29) is 12.8 Å². The first-order valence-electron chi connectivity index (χ1n) is 24.8. The Labute approximate surface area is 385 Å². The van der Waals surface area contributed by atoms with Gasteiger partial charge in [0.15, 0.2) is 0 Å². The number of aryl methyl sites for hydroxylation is 2. The Hall–Kier alpha value is -3.66. The average Bonchev–Trinajstić information content (AvgIpc) is 4.03. The number of phenolic OH excluding ortho intramolecular Hbond substituents is 2. The van der Waals surface area contributed by atoms with Crippen molar-refractivity contribution in [2.75, 3.05) is 0 Å².